The highest BCUT2D eigenvalue weighted by atomic mass is 32.2. The largest absolute Gasteiger partial charge is 0.491 e. The van der Waals surface area contributed by atoms with Gasteiger partial charge in [0.25, 0.3) is 0 Å². The van der Waals surface area contributed by atoms with E-state index < -0.39 is 16.0 Å². The average molecular weight is 414 g/mol. The molecule has 3 aromatic rings. The molecule has 8 heteroatoms. The first-order chi connectivity index (χ1) is 13.9. The summed E-state index contributed by atoms with van der Waals surface area (Å²) in [7, 11) is -2.41. The predicted octanol–water partition coefficient (Wildman–Crippen LogP) is 3.08. The molecule has 1 N–H and O–H groups in total. The Hall–Kier alpha value is -2.97. The Labute approximate surface area is 169 Å². The lowest BCUT2D eigenvalue weighted by molar-refractivity contribution is 0.0600. The highest BCUT2D eigenvalue weighted by Gasteiger charge is 2.18. The number of nitrogens with one attached hydrogen (secondary N) is 1. The van der Waals surface area contributed by atoms with Gasteiger partial charge in [0, 0.05) is 18.1 Å². The summed E-state index contributed by atoms with van der Waals surface area (Å²) in [6.07, 6.45) is 2.19. The van der Waals surface area contributed by atoms with Crippen molar-refractivity contribution < 1.29 is 22.7 Å². The lowest BCUT2D eigenvalue weighted by atomic mass is 10.1. The average Bonchev–Trinajstić information content (AvgIpc) is 2.72. The number of pyridine rings is 1. The minimum Gasteiger partial charge on any atom is -0.491 e. The van der Waals surface area contributed by atoms with Crippen LogP contribution in [0.4, 0.5) is 0 Å². The number of para-hydroxylation sites is 1. The lowest BCUT2D eigenvalue weighted by Crippen LogP contribution is -2.26. The molecule has 0 fully saturated rings. The number of carbonyl (C=O) groups is 1. The van der Waals surface area contributed by atoms with Crippen LogP contribution in [0.1, 0.15) is 22.3 Å². The van der Waals surface area contributed by atoms with Crippen molar-refractivity contribution in [3.63, 3.8) is 0 Å². The minimum atomic E-state index is -3.69. The number of hydrogen-bond donors (Lipinski definition) is 1. The van der Waals surface area contributed by atoms with E-state index in [1.54, 1.807) is 13.1 Å². The van der Waals surface area contributed by atoms with Crippen molar-refractivity contribution in [1.29, 1.82) is 0 Å². The van der Waals surface area contributed by atoms with E-state index in [4.69, 9.17) is 4.74 Å². The Morgan fingerprint density at radius 2 is 1.93 bits per heavy atom. The van der Waals surface area contributed by atoms with Gasteiger partial charge in [-0.1, -0.05) is 18.2 Å². The van der Waals surface area contributed by atoms with Crippen molar-refractivity contribution in [1.82, 2.24) is 9.71 Å². The molecule has 0 aliphatic heterocycles. The van der Waals surface area contributed by atoms with Crippen LogP contribution in [0.5, 0.6) is 5.75 Å². The van der Waals surface area contributed by atoms with Crippen molar-refractivity contribution in [3.8, 4) is 5.75 Å². The molecule has 0 aliphatic rings. The van der Waals surface area contributed by atoms with Gasteiger partial charge in [-0.05, 0) is 49.2 Å². The Bertz CT molecular complexity index is 1120. The van der Waals surface area contributed by atoms with Crippen LogP contribution in [0, 0.1) is 6.92 Å². The second kappa shape index (κ2) is 9.02. The number of fused-ring (bicyclic) bond motifs is 1. The van der Waals surface area contributed by atoms with E-state index in [0.29, 0.717) is 29.9 Å². The molecule has 0 saturated heterocycles. The summed E-state index contributed by atoms with van der Waals surface area (Å²) in [5.74, 6) is 0.158. The summed E-state index contributed by atoms with van der Waals surface area (Å²) in [5.41, 5.74) is 1.55. The zero-order chi connectivity index (χ0) is 20.9. The molecule has 0 saturated carbocycles. The first-order valence-electron chi connectivity index (χ1n) is 9.07. The van der Waals surface area contributed by atoms with E-state index in [2.05, 4.69) is 14.4 Å². The molecule has 152 valence electrons. The van der Waals surface area contributed by atoms with Gasteiger partial charge >= 0.3 is 5.97 Å². The number of carbonyl (C=O) groups excluding carboxylic acids is 1. The van der Waals surface area contributed by atoms with Gasteiger partial charge in [-0.15, -0.1) is 0 Å². The highest BCUT2D eigenvalue weighted by molar-refractivity contribution is 7.89. The van der Waals surface area contributed by atoms with Crippen LogP contribution in [-0.4, -0.2) is 39.6 Å². The molecule has 7 nitrogen and oxygen atoms in total. The maximum Gasteiger partial charge on any atom is 0.337 e. The highest BCUT2D eigenvalue weighted by Crippen LogP contribution is 2.23. The first kappa shape index (κ1) is 20.8. The molecule has 1 aromatic heterocycles. The van der Waals surface area contributed by atoms with E-state index in [9.17, 15) is 13.2 Å². The normalized spacial score (nSPS) is 11.4. The lowest BCUT2D eigenvalue weighted by Gasteiger charge is -2.11. The van der Waals surface area contributed by atoms with Crippen molar-refractivity contribution in [2.75, 3.05) is 20.3 Å². The van der Waals surface area contributed by atoms with Crippen LogP contribution in [0.15, 0.2) is 59.6 Å². The third-order valence-electron chi connectivity index (χ3n) is 4.35. The molecular weight excluding hydrogens is 392 g/mol. The number of rotatable bonds is 8. The van der Waals surface area contributed by atoms with Gasteiger partial charge in [0.05, 0.1) is 24.2 Å². The standard InChI is InChI=1S/C21H22N2O5S/c1-15-14-17(21(24)27-2)9-10-19(15)29(25,26)23-12-5-13-28-18-8-3-6-16-7-4-11-22-20(16)18/h3-4,6-11,14,23H,5,12-13H2,1-2H3. The minimum absolute atomic E-state index is 0.129. The number of aromatic nitrogens is 1. The molecule has 0 amide bonds. The van der Waals surface area contributed by atoms with E-state index in [1.807, 2.05) is 30.3 Å². The number of sulfonamides is 1. The van der Waals surface area contributed by atoms with Crippen LogP contribution >= 0.6 is 0 Å². The molecule has 2 aromatic carbocycles. The topological polar surface area (TPSA) is 94.6 Å². The summed E-state index contributed by atoms with van der Waals surface area (Å²) in [4.78, 5) is 16.0. The Balaban J connectivity index is 1.56. The molecular formula is C21H22N2O5S. The van der Waals surface area contributed by atoms with Gasteiger partial charge in [0.2, 0.25) is 10.0 Å². The zero-order valence-corrected chi connectivity index (χ0v) is 17.0. The number of benzene rings is 2. The summed E-state index contributed by atoms with van der Waals surface area (Å²) in [5, 5.41) is 0.983. The summed E-state index contributed by atoms with van der Waals surface area (Å²) in [6.45, 7) is 2.20. The molecule has 3 rings (SSSR count). The van der Waals surface area contributed by atoms with Crippen molar-refractivity contribution in [2.24, 2.45) is 0 Å². The number of nitrogens with zero attached hydrogens (tertiary/aromatic N) is 1. The molecule has 0 spiro atoms. The van der Waals surface area contributed by atoms with Crippen LogP contribution in [0.25, 0.3) is 10.9 Å². The Kier molecular flexibility index (Phi) is 6.46. The molecule has 29 heavy (non-hydrogen) atoms. The van der Waals surface area contributed by atoms with Gasteiger partial charge in [-0.3, -0.25) is 4.98 Å². The number of aryl methyl sites for hydroxylation is 1. The maximum absolute atomic E-state index is 12.5. The van der Waals surface area contributed by atoms with Crippen molar-refractivity contribution in [3.05, 3.63) is 65.9 Å². The third-order valence-corrected chi connectivity index (χ3v) is 5.97. The van der Waals surface area contributed by atoms with E-state index >= 15 is 0 Å². The van der Waals surface area contributed by atoms with Gasteiger partial charge in [0.1, 0.15) is 11.3 Å². The maximum atomic E-state index is 12.5. The number of esters is 1. The smallest absolute Gasteiger partial charge is 0.337 e. The van der Waals surface area contributed by atoms with Crippen molar-refractivity contribution in [2.45, 2.75) is 18.2 Å². The van der Waals surface area contributed by atoms with Crippen LogP contribution < -0.4 is 9.46 Å². The number of hydrogen-bond acceptors (Lipinski definition) is 6. The van der Waals surface area contributed by atoms with Crippen LogP contribution in [0.3, 0.4) is 0 Å². The van der Waals surface area contributed by atoms with E-state index in [1.165, 1.54) is 25.3 Å². The van der Waals surface area contributed by atoms with Crippen LogP contribution in [-0.2, 0) is 14.8 Å². The fraction of sp³-hybridized carbons (Fsp3) is 0.238. The monoisotopic (exact) mass is 414 g/mol. The van der Waals surface area contributed by atoms with E-state index in [-0.39, 0.29) is 11.4 Å². The molecule has 0 bridgehead atoms. The molecule has 1 heterocycles. The molecule has 0 aliphatic carbocycles. The summed E-state index contributed by atoms with van der Waals surface area (Å²) >= 11 is 0. The Morgan fingerprint density at radius 1 is 1.14 bits per heavy atom. The number of ether oxygens (including phenoxy) is 2. The predicted molar refractivity (Wildman–Crippen MR) is 110 cm³/mol. The molecule has 0 radical (unpaired) electrons. The Morgan fingerprint density at radius 3 is 2.69 bits per heavy atom. The third kappa shape index (κ3) is 4.90. The van der Waals surface area contributed by atoms with Gasteiger partial charge < -0.3 is 9.47 Å². The van der Waals surface area contributed by atoms with E-state index in [0.717, 1.165) is 10.9 Å². The first-order valence-corrected chi connectivity index (χ1v) is 10.6. The second-order valence-corrected chi connectivity index (χ2v) is 8.14. The molecule has 0 unspecified atom stereocenters. The van der Waals surface area contributed by atoms with Crippen LogP contribution in [0.2, 0.25) is 0 Å². The summed E-state index contributed by atoms with van der Waals surface area (Å²) < 4.78 is 38.0. The second-order valence-electron chi connectivity index (χ2n) is 6.40. The number of methoxy groups -OCH3 is 1. The summed E-state index contributed by atoms with van der Waals surface area (Å²) in [6, 6.07) is 13.8. The van der Waals surface area contributed by atoms with Gasteiger partial charge in [-0.25, -0.2) is 17.9 Å². The fourth-order valence-corrected chi connectivity index (χ4v) is 4.23. The SMILES string of the molecule is COC(=O)c1ccc(S(=O)(=O)NCCCOc2cccc3cccnc23)c(C)c1. The zero-order valence-electron chi connectivity index (χ0n) is 16.2. The van der Waals surface area contributed by atoms with Gasteiger partial charge in [0.15, 0.2) is 0 Å². The van der Waals surface area contributed by atoms with Crippen molar-refractivity contribution >= 4 is 26.9 Å². The fourth-order valence-electron chi connectivity index (χ4n) is 2.93. The molecule has 0 atom stereocenters. The van der Waals surface area contributed by atoms with Gasteiger partial charge in [-0.2, -0.15) is 0 Å². The quantitative estimate of drug-likeness (QED) is 0.450.